The molecule has 0 spiro atoms. The molecule has 1 aliphatic rings. The van der Waals surface area contributed by atoms with E-state index < -0.39 is 0 Å². The number of carbonyl (C=O) groups excluding carboxylic acids is 1. The topological polar surface area (TPSA) is 108 Å². The molecule has 9 nitrogen and oxygen atoms in total. The third-order valence-electron chi connectivity index (χ3n) is 6.14. The largest absolute Gasteiger partial charge is 0.376 e. The van der Waals surface area contributed by atoms with Gasteiger partial charge >= 0.3 is 0 Å². The summed E-state index contributed by atoms with van der Waals surface area (Å²) >= 11 is 1.36. The highest BCUT2D eigenvalue weighted by molar-refractivity contribution is 7.98. The van der Waals surface area contributed by atoms with E-state index in [1.165, 1.54) is 22.2 Å². The molecular weight excluding hydrogens is 478 g/mol. The normalized spacial score (nSPS) is 15.5. The number of aromatic nitrogens is 4. The third kappa shape index (κ3) is 5.50. The van der Waals surface area contributed by atoms with Crippen LogP contribution < -0.4 is 16.4 Å². The first-order chi connectivity index (χ1) is 17.6. The minimum atomic E-state index is -0.158. The van der Waals surface area contributed by atoms with Crippen LogP contribution in [0.25, 0.3) is 16.6 Å². The van der Waals surface area contributed by atoms with E-state index in [0.717, 1.165) is 19.4 Å². The molecule has 0 unspecified atom stereocenters. The maximum Gasteiger partial charge on any atom is 0.262 e. The number of carbonyl (C=O) groups is 1. The van der Waals surface area contributed by atoms with Crippen molar-refractivity contribution in [2.24, 2.45) is 0 Å². The molecule has 0 bridgehead atoms. The number of ether oxygens (including phenoxy) is 1. The Hall–Kier alpha value is -3.50. The predicted octanol–water partition coefficient (Wildman–Crippen LogP) is 2.77. The number of amides is 1. The first kappa shape index (κ1) is 24.2. The molecule has 0 saturated carbocycles. The SMILES string of the molecule is O=C(CCCn1c(SCc2cc(=O)n3ccccc3n2)nc2ccccc2c1=O)NC[C@H]1CCCO1. The van der Waals surface area contributed by atoms with Crippen molar-refractivity contribution in [3.8, 4) is 0 Å². The Bertz CT molecular complexity index is 1510. The summed E-state index contributed by atoms with van der Waals surface area (Å²) in [5.74, 6) is 0.329. The molecule has 0 aliphatic carbocycles. The van der Waals surface area contributed by atoms with Gasteiger partial charge in [-0.25, -0.2) is 9.97 Å². The summed E-state index contributed by atoms with van der Waals surface area (Å²) in [5, 5.41) is 3.99. The maximum absolute atomic E-state index is 13.3. The number of fused-ring (bicyclic) bond motifs is 2. The van der Waals surface area contributed by atoms with Gasteiger partial charge in [0.15, 0.2) is 5.16 Å². The molecule has 3 aromatic heterocycles. The van der Waals surface area contributed by atoms with Crippen LogP contribution in [0.4, 0.5) is 0 Å². The van der Waals surface area contributed by atoms with E-state index in [-0.39, 0.29) is 23.1 Å². The molecule has 1 fully saturated rings. The summed E-state index contributed by atoms with van der Waals surface area (Å²) in [6.07, 6.45) is 4.59. The molecule has 4 aromatic rings. The first-order valence-corrected chi connectivity index (χ1v) is 13.0. The second-order valence-corrected chi connectivity index (χ2v) is 9.66. The quantitative estimate of drug-likeness (QED) is 0.275. The lowest BCUT2D eigenvalue weighted by Crippen LogP contribution is -2.32. The van der Waals surface area contributed by atoms with Gasteiger partial charge in [0, 0.05) is 44.1 Å². The number of thioether (sulfide) groups is 1. The zero-order valence-corrected chi connectivity index (χ0v) is 20.6. The standard InChI is InChI=1S/C26H27N5O4S/c32-23(27-16-19-7-6-14-35-19)11-5-13-31-25(34)20-8-1-2-9-21(20)29-26(31)36-17-18-15-24(33)30-12-4-3-10-22(30)28-18/h1-4,8-10,12,15,19H,5-7,11,13-14,16-17H2,(H,27,32)/t19-/m1/s1. The number of rotatable bonds is 9. The van der Waals surface area contributed by atoms with Gasteiger partial charge in [0.25, 0.3) is 11.1 Å². The Morgan fingerprint density at radius 2 is 2.00 bits per heavy atom. The summed E-state index contributed by atoms with van der Waals surface area (Å²) in [4.78, 5) is 47.3. The molecule has 10 heteroatoms. The monoisotopic (exact) mass is 505 g/mol. The van der Waals surface area contributed by atoms with Crippen molar-refractivity contribution < 1.29 is 9.53 Å². The van der Waals surface area contributed by atoms with Crippen LogP contribution in [0.3, 0.4) is 0 Å². The summed E-state index contributed by atoms with van der Waals surface area (Å²) in [7, 11) is 0. The van der Waals surface area contributed by atoms with Crippen LogP contribution in [-0.2, 0) is 21.8 Å². The van der Waals surface area contributed by atoms with Gasteiger partial charge in [0.05, 0.1) is 22.7 Å². The molecule has 1 aliphatic heterocycles. The number of pyridine rings is 1. The third-order valence-corrected chi connectivity index (χ3v) is 7.15. The molecule has 1 aromatic carbocycles. The van der Waals surface area contributed by atoms with Crippen molar-refractivity contribution in [1.82, 2.24) is 24.3 Å². The van der Waals surface area contributed by atoms with Crippen molar-refractivity contribution >= 4 is 34.2 Å². The van der Waals surface area contributed by atoms with Crippen LogP contribution in [0.2, 0.25) is 0 Å². The highest BCUT2D eigenvalue weighted by Crippen LogP contribution is 2.22. The Kier molecular flexibility index (Phi) is 7.43. The summed E-state index contributed by atoms with van der Waals surface area (Å²) < 4.78 is 8.65. The van der Waals surface area contributed by atoms with E-state index in [9.17, 15) is 14.4 Å². The number of nitrogens with zero attached hydrogens (tertiary/aromatic N) is 4. The van der Waals surface area contributed by atoms with Crippen molar-refractivity contribution in [1.29, 1.82) is 0 Å². The summed E-state index contributed by atoms with van der Waals surface area (Å²) in [5.41, 5.74) is 1.49. The average molecular weight is 506 g/mol. The lowest BCUT2D eigenvalue weighted by atomic mass is 10.2. The Morgan fingerprint density at radius 1 is 1.14 bits per heavy atom. The smallest absolute Gasteiger partial charge is 0.262 e. The fourth-order valence-electron chi connectivity index (χ4n) is 4.29. The van der Waals surface area contributed by atoms with Crippen molar-refractivity contribution in [3.63, 3.8) is 0 Å². The van der Waals surface area contributed by atoms with Gasteiger partial charge in [-0.1, -0.05) is 30.0 Å². The fourth-order valence-corrected chi connectivity index (χ4v) is 5.21. The fraction of sp³-hybridized carbons (Fsp3) is 0.346. The van der Waals surface area contributed by atoms with Crippen LogP contribution >= 0.6 is 11.8 Å². The van der Waals surface area contributed by atoms with E-state index in [2.05, 4.69) is 10.3 Å². The Labute approximate surface area is 211 Å². The van der Waals surface area contributed by atoms with Gasteiger partial charge in [-0.2, -0.15) is 0 Å². The van der Waals surface area contributed by atoms with Gasteiger partial charge < -0.3 is 10.1 Å². The second-order valence-electron chi connectivity index (χ2n) is 8.71. The zero-order valence-electron chi connectivity index (χ0n) is 19.8. The lowest BCUT2D eigenvalue weighted by molar-refractivity contribution is -0.121. The van der Waals surface area contributed by atoms with Gasteiger partial charge in [0.2, 0.25) is 5.91 Å². The molecule has 1 amide bonds. The molecule has 1 atom stereocenters. The Balaban J connectivity index is 1.32. The van der Waals surface area contributed by atoms with Gasteiger partial charge in [-0.3, -0.25) is 23.4 Å². The predicted molar refractivity (Wildman–Crippen MR) is 138 cm³/mol. The van der Waals surface area contributed by atoms with E-state index in [1.54, 1.807) is 29.0 Å². The number of hydrogen-bond acceptors (Lipinski definition) is 7. The van der Waals surface area contributed by atoms with E-state index in [1.807, 2.05) is 24.3 Å². The number of para-hydroxylation sites is 1. The molecule has 0 radical (unpaired) electrons. The van der Waals surface area contributed by atoms with Gasteiger partial charge in [-0.05, 0) is 43.5 Å². The molecule has 4 heterocycles. The van der Waals surface area contributed by atoms with Crippen LogP contribution in [0.1, 0.15) is 31.4 Å². The molecule has 5 rings (SSSR count). The van der Waals surface area contributed by atoms with Crippen molar-refractivity contribution in [2.75, 3.05) is 13.2 Å². The average Bonchev–Trinajstić information content (AvgIpc) is 3.42. The highest BCUT2D eigenvalue weighted by atomic mass is 32.2. The summed E-state index contributed by atoms with van der Waals surface area (Å²) in [6.45, 7) is 1.64. The second kappa shape index (κ2) is 11.0. The number of hydrogen-bond donors (Lipinski definition) is 1. The van der Waals surface area contributed by atoms with E-state index in [0.29, 0.717) is 59.1 Å². The minimum absolute atomic E-state index is 0.0534. The van der Waals surface area contributed by atoms with Crippen LogP contribution in [0.15, 0.2) is 69.5 Å². The number of benzene rings is 1. The lowest BCUT2D eigenvalue weighted by Gasteiger charge is -2.14. The van der Waals surface area contributed by atoms with Crippen LogP contribution in [-0.4, -0.2) is 44.1 Å². The van der Waals surface area contributed by atoms with Crippen molar-refractivity contribution in [2.45, 2.75) is 49.2 Å². The van der Waals surface area contributed by atoms with Gasteiger partial charge in [0.1, 0.15) is 5.65 Å². The molecule has 186 valence electrons. The maximum atomic E-state index is 13.3. The van der Waals surface area contributed by atoms with Crippen LogP contribution in [0, 0.1) is 0 Å². The molecule has 1 N–H and O–H groups in total. The molecule has 36 heavy (non-hydrogen) atoms. The van der Waals surface area contributed by atoms with Gasteiger partial charge in [-0.15, -0.1) is 0 Å². The zero-order chi connectivity index (χ0) is 24.9. The van der Waals surface area contributed by atoms with E-state index in [4.69, 9.17) is 9.72 Å². The highest BCUT2D eigenvalue weighted by Gasteiger charge is 2.17. The van der Waals surface area contributed by atoms with Crippen molar-refractivity contribution in [3.05, 3.63) is 81.1 Å². The molecule has 1 saturated heterocycles. The van der Waals surface area contributed by atoms with Crippen LogP contribution in [0.5, 0.6) is 0 Å². The summed E-state index contributed by atoms with van der Waals surface area (Å²) in [6, 6.07) is 14.1. The first-order valence-electron chi connectivity index (χ1n) is 12.1. The van der Waals surface area contributed by atoms with E-state index >= 15 is 0 Å². The number of nitrogens with one attached hydrogen (secondary N) is 1. The molecular formula is C26H27N5O4S. The minimum Gasteiger partial charge on any atom is -0.376 e. The Morgan fingerprint density at radius 3 is 2.86 bits per heavy atom.